The lowest BCUT2D eigenvalue weighted by Crippen LogP contribution is -2.41. The first kappa shape index (κ1) is 54.8. The molecule has 6 N–H and O–H groups in total. The first-order chi connectivity index (χ1) is 31.6. The van der Waals surface area contributed by atoms with E-state index in [9.17, 15) is 24.0 Å². The molecule has 0 bridgehead atoms. The summed E-state index contributed by atoms with van der Waals surface area (Å²) in [6.45, 7) is 9.85. The molecule has 2 aliphatic rings. The minimum atomic E-state index is -0.546. The number of fused-ring (bicyclic) bond motifs is 4. The number of ketones is 2. The second-order valence-electron chi connectivity index (χ2n) is 12.6. The number of anilines is 1. The van der Waals surface area contributed by atoms with Gasteiger partial charge in [0.25, 0.3) is 5.91 Å². The summed E-state index contributed by atoms with van der Waals surface area (Å²) in [5.41, 5.74) is 14.2. The number of hydrogen-bond donors (Lipinski definition) is 5. The third-order valence-corrected chi connectivity index (χ3v) is 8.26. The van der Waals surface area contributed by atoms with Gasteiger partial charge >= 0.3 is 0 Å². The zero-order valence-electron chi connectivity index (χ0n) is 37.2. The van der Waals surface area contributed by atoms with E-state index < -0.39 is 23.5 Å². The Balaban J connectivity index is 0.000000408. The maximum Gasteiger partial charge on any atom is 0.272 e. The lowest BCUT2D eigenvalue weighted by Gasteiger charge is -2.13. The third kappa shape index (κ3) is 20.0. The van der Waals surface area contributed by atoms with Gasteiger partial charge < -0.3 is 30.0 Å². The highest BCUT2D eigenvalue weighted by Crippen LogP contribution is 2.27. The predicted octanol–water partition coefficient (Wildman–Crippen LogP) is 7.38. The van der Waals surface area contributed by atoms with Crippen LogP contribution in [0, 0.1) is 18.8 Å². The molecule has 15 heteroatoms. The second-order valence-corrected chi connectivity index (χ2v) is 12.6. The summed E-state index contributed by atoms with van der Waals surface area (Å²) in [6.07, 6.45) is 11.0. The van der Waals surface area contributed by atoms with E-state index in [4.69, 9.17) is 24.2 Å². The Labute approximate surface area is 379 Å². The number of nitrogens with one attached hydrogen (secondary N) is 4. The van der Waals surface area contributed by atoms with Gasteiger partial charge in [0.05, 0.1) is 24.4 Å². The molecule has 0 saturated heterocycles. The average molecular weight is 885 g/mol. The van der Waals surface area contributed by atoms with Gasteiger partial charge in [-0.25, -0.2) is 0 Å². The highest BCUT2D eigenvalue weighted by Gasteiger charge is 2.23. The lowest BCUT2D eigenvalue weighted by atomic mass is 9.98. The maximum atomic E-state index is 12.0. The number of aryl methyl sites for hydroxylation is 1. The van der Waals surface area contributed by atoms with Crippen LogP contribution >= 0.6 is 0 Å². The second kappa shape index (κ2) is 33.4. The summed E-state index contributed by atoms with van der Waals surface area (Å²) in [5.74, 6) is 5.28. The number of hydrazine groups is 1. The fourth-order valence-electron chi connectivity index (χ4n) is 5.22. The molecule has 8 rings (SSSR count). The van der Waals surface area contributed by atoms with E-state index in [-0.39, 0.29) is 36.4 Å². The van der Waals surface area contributed by atoms with E-state index in [1.165, 1.54) is 11.8 Å². The fraction of sp³-hybridized carbons (Fsp3) is 0.200. The zero-order chi connectivity index (χ0) is 48.2. The summed E-state index contributed by atoms with van der Waals surface area (Å²) >= 11 is 0. The van der Waals surface area contributed by atoms with Crippen LogP contribution in [0.25, 0.3) is 17.0 Å². The van der Waals surface area contributed by atoms with Crippen LogP contribution in [0.3, 0.4) is 0 Å². The normalized spacial score (nSPS) is 11.6. The number of carbonyl (C=O) groups is 7. The number of amides is 3. The Kier molecular flexibility index (Phi) is 28.2. The van der Waals surface area contributed by atoms with Crippen LogP contribution in [0.2, 0.25) is 0 Å². The van der Waals surface area contributed by atoms with E-state index in [1.54, 1.807) is 56.7 Å². The molecule has 3 amide bonds. The Bertz CT molecular complexity index is 2390. The molecule has 1 aliphatic heterocycles. The fourth-order valence-corrected chi connectivity index (χ4v) is 5.22. The van der Waals surface area contributed by atoms with Crippen LogP contribution in [0.1, 0.15) is 89.3 Å². The number of aromatic nitrogens is 1. The van der Waals surface area contributed by atoms with Crippen molar-refractivity contribution in [2.45, 2.75) is 52.9 Å². The van der Waals surface area contributed by atoms with Crippen molar-refractivity contribution in [3.05, 3.63) is 162 Å². The molecule has 6 aromatic rings. The first-order valence-corrected chi connectivity index (χ1v) is 20.3. The molecular formula is C50H56N6O9. The van der Waals surface area contributed by atoms with Crippen LogP contribution < -0.4 is 27.2 Å². The van der Waals surface area contributed by atoms with Gasteiger partial charge in [-0.15, -0.1) is 0 Å². The smallest absolute Gasteiger partial charge is 0.272 e. The summed E-state index contributed by atoms with van der Waals surface area (Å²) in [4.78, 5) is 77.1. The summed E-state index contributed by atoms with van der Waals surface area (Å²) in [6, 6.07) is 32.2. The van der Waals surface area contributed by atoms with Gasteiger partial charge in [0.15, 0.2) is 17.8 Å². The van der Waals surface area contributed by atoms with Crippen molar-refractivity contribution >= 4 is 65.6 Å². The number of hydrogen-bond acceptors (Lipinski definition) is 12. The van der Waals surface area contributed by atoms with Crippen molar-refractivity contribution < 1.29 is 42.4 Å². The molecule has 340 valence electrons. The number of rotatable bonds is 6. The molecule has 0 unspecified atom stereocenters. The number of Topliss-reactive ketones (excluding diaryl/α,β-unsaturated/α-hetero) is 2. The molecule has 65 heavy (non-hydrogen) atoms. The van der Waals surface area contributed by atoms with Crippen LogP contribution in [0.4, 0.5) is 5.69 Å². The summed E-state index contributed by atoms with van der Waals surface area (Å²) in [5, 5.41) is 6.22. The van der Waals surface area contributed by atoms with E-state index in [2.05, 4.69) is 75.6 Å². The molecule has 3 aromatic heterocycles. The SMILES string of the molecule is C1#Cc2oc3ccccc3c2C=CC1.C=O.CC.CNC=O.C[C@H](C(=O)C=O)c1ccco1.Cc1ccccc1.NCNc1cccc2c1C(=O)NNC(=O)CCC2=O.c1ccncc1. The molecule has 1 aliphatic carbocycles. The van der Waals surface area contributed by atoms with Gasteiger partial charge in [0.2, 0.25) is 18.1 Å². The molecule has 0 radical (unpaired) electrons. The van der Waals surface area contributed by atoms with Gasteiger partial charge in [0.1, 0.15) is 18.1 Å². The van der Waals surface area contributed by atoms with Crippen LogP contribution in [0.5, 0.6) is 0 Å². The van der Waals surface area contributed by atoms with E-state index in [0.29, 0.717) is 24.1 Å². The van der Waals surface area contributed by atoms with Crippen LogP contribution in [0.15, 0.2) is 137 Å². The number of aldehydes is 1. The van der Waals surface area contributed by atoms with Crippen molar-refractivity contribution in [3.63, 3.8) is 0 Å². The topological polar surface area (TPSA) is 233 Å². The van der Waals surface area contributed by atoms with E-state index >= 15 is 0 Å². The number of para-hydroxylation sites is 1. The molecule has 15 nitrogen and oxygen atoms in total. The first-order valence-electron chi connectivity index (χ1n) is 20.3. The lowest BCUT2D eigenvalue weighted by molar-refractivity contribution is -0.130. The Morgan fingerprint density at radius 2 is 1.55 bits per heavy atom. The number of nitrogens with zero attached hydrogens (tertiary/aromatic N) is 1. The van der Waals surface area contributed by atoms with Gasteiger partial charge in [-0.3, -0.25) is 44.6 Å². The summed E-state index contributed by atoms with van der Waals surface area (Å²) < 4.78 is 10.6. The van der Waals surface area contributed by atoms with E-state index in [0.717, 1.165) is 28.7 Å². The number of carbonyl (C=O) groups excluding carboxylic acids is 7. The molecule has 3 aromatic carbocycles. The monoisotopic (exact) mass is 884 g/mol. The quantitative estimate of drug-likeness (QED) is 0.0477. The van der Waals surface area contributed by atoms with Crippen molar-refractivity contribution in [1.29, 1.82) is 0 Å². The third-order valence-electron chi connectivity index (χ3n) is 8.26. The van der Waals surface area contributed by atoms with Crippen molar-refractivity contribution in [3.8, 4) is 11.8 Å². The highest BCUT2D eigenvalue weighted by atomic mass is 16.3. The molecule has 1 atom stereocenters. The Hall–Kier alpha value is -8.22. The molecule has 0 fully saturated rings. The van der Waals surface area contributed by atoms with Gasteiger partial charge in [-0.1, -0.05) is 104 Å². The standard InChI is InChI=1S/C13H8O.C12H14N4O3.C8H8O3.C7H8.C5H5N.C2H5NO.C2H6.CH2O/c1-2-6-10-11-7-4-5-9-13(11)14-12(10)8-3-1;13-6-14-8-3-1-2-7-9(17)4-5-10(18)15-16-12(19)11(7)8;1-6(7(10)5-9)8-3-2-4-11-8;1-7-5-3-2-4-6-7;1-2-4-6-5-3-1;1-3-2-4;2*1-2/h2,4-7,9H,1H2;1-3,14H,4-6,13H2,(H,15,18)(H,16,19);2-6H,1H3;2-6H,1H3;1-5H;2H,1H3,(H,3,4);1-2H3;1H2/t;;6-;;;;;/m..1...../s1. The van der Waals surface area contributed by atoms with Crippen LogP contribution in [-0.2, 0) is 24.0 Å². The highest BCUT2D eigenvalue weighted by molar-refractivity contribution is 6.27. The predicted molar refractivity (Wildman–Crippen MR) is 252 cm³/mol. The van der Waals surface area contributed by atoms with Gasteiger partial charge in [-0.2, -0.15) is 0 Å². The van der Waals surface area contributed by atoms with Gasteiger partial charge in [-0.05, 0) is 56.2 Å². The molecule has 0 spiro atoms. The van der Waals surface area contributed by atoms with Gasteiger partial charge in [0, 0.05) is 60.9 Å². The Morgan fingerprint density at radius 3 is 2.11 bits per heavy atom. The van der Waals surface area contributed by atoms with Crippen LogP contribution in [-0.4, -0.2) is 61.6 Å². The zero-order valence-corrected chi connectivity index (χ0v) is 37.2. The number of furan rings is 2. The Morgan fingerprint density at radius 1 is 0.892 bits per heavy atom. The molecule has 4 heterocycles. The number of pyridine rings is 1. The molecule has 0 saturated carbocycles. The largest absolute Gasteiger partial charge is 0.469 e. The van der Waals surface area contributed by atoms with E-state index in [1.807, 2.05) is 75.2 Å². The maximum absolute atomic E-state index is 12.0. The van der Waals surface area contributed by atoms with Crippen molar-refractivity contribution in [1.82, 2.24) is 21.2 Å². The van der Waals surface area contributed by atoms with Crippen molar-refractivity contribution in [2.75, 3.05) is 19.0 Å². The summed E-state index contributed by atoms with van der Waals surface area (Å²) in [7, 11) is 1.56. The minimum absolute atomic E-state index is 0.0348. The number of allylic oxidation sites excluding steroid dienone is 1. The minimum Gasteiger partial charge on any atom is -0.469 e. The number of nitrogens with two attached hydrogens (primary N) is 1. The molecular weight excluding hydrogens is 829 g/mol. The number of benzene rings is 3. The average Bonchev–Trinajstić information content (AvgIpc) is 3.98. The van der Waals surface area contributed by atoms with Crippen molar-refractivity contribution in [2.24, 2.45) is 5.73 Å².